The number of aromatic nitrogens is 2. The van der Waals surface area contributed by atoms with Crippen LogP contribution in [0.3, 0.4) is 0 Å². The number of aliphatic imine (C=N–C) groups is 1. The third-order valence-corrected chi connectivity index (χ3v) is 6.32. The standard InChI is InChI=1S/C29H25F4N5O4/c1-16(2)41-22-5-3-17(9-18(22)11-34)20-12-36-26-25(20)24(7-8-35-26)42-23-6-4-19(10-21(23)29(31,32)33)38-27-37-13-28(30,14-39)15-40-27/h3-10,12,16,39H,13-15H2,1-2H3,(H,35,36)(H,37,38)/t28-/m1/s1. The number of alkyl halides is 4. The molecular formula is C29H25F4N5O4. The van der Waals surface area contributed by atoms with Crippen LogP contribution >= 0.6 is 0 Å². The van der Waals surface area contributed by atoms with Gasteiger partial charge in [-0.2, -0.15) is 18.4 Å². The summed E-state index contributed by atoms with van der Waals surface area (Å²) in [6, 6.07) is 11.7. The topological polar surface area (TPSA) is 125 Å². The number of aliphatic hydroxyl groups is 1. The molecule has 0 bridgehead atoms. The van der Waals surface area contributed by atoms with E-state index in [1.54, 1.807) is 24.4 Å². The number of amidine groups is 1. The minimum atomic E-state index is -4.80. The maximum atomic E-state index is 14.2. The summed E-state index contributed by atoms with van der Waals surface area (Å²) in [5, 5.41) is 21.8. The fraction of sp³-hybridized carbons (Fsp3) is 0.276. The minimum Gasteiger partial charge on any atom is -0.490 e. The first kappa shape index (κ1) is 28.7. The van der Waals surface area contributed by atoms with E-state index in [0.717, 1.165) is 12.1 Å². The molecule has 0 amide bonds. The van der Waals surface area contributed by atoms with Crippen LogP contribution < -0.4 is 14.8 Å². The number of anilines is 1. The van der Waals surface area contributed by atoms with Gasteiger partial charge in [-0.25, -0.2) is 14.4 Å². The zero-order valence-corrected chi connectivity index (χ0v) is 22.4. The van der Waals surface area contributed by atoms with Gasteiger partial charge in [0.25, 0.3) is 6.02 Å². The molecule has 13 heteroatoms. The second kappa shape index (κ2) is 11.2. The first-order chi connectivity index (χ1) is 20.0. The first-order valence-electron chi connectivity index (χ1n) is 12.8. The lowest BCUT2D eigenvalue weighted by Gasteiger charge is -2.26. The van der Waals surface area contributed by atoms with E-state index < -0.39 is 42.9 Å². The van der Waals surface area contributed by atoms with Gasteiger partial charge in [0.1, 0.15) is 41.1 Å². The van der Waals surface area contributed by atoms with Crippen LogP contribution in [-0.2, 0) is 10.9 Å². The summed E-state index contributed by atoms with van der Waals surface area (Å²) in [5.41, 5.74) is -1.31. The Morgan fingerprint density at radius 3 is 2.62 bits per heavy atom. The lowest BCUT2D eigenvalue weighted by molar-refractivity contribution is -0.138. The van der Waals surface area contributed by atoms with Crippen molar-refractivity contribution < 1.29 is 36.9 Å². The van der Waals surface area contributed by atoms with E-state index in [1.807, 2.05) is 13.8 Å². The van der Waals surface area contributed by atoms with E-state index in [0.29, 0.717) is 33.5 Å². The summed E-state index contributed by atoms with van der Waals surface area (Å²) in [4.78, 5) is 11.1. The molecule has 0 spiro atoms. The summed E-state index contributed by atoms with van der Waals surface area (Å²) >= 11 is 0. The normalized spacial score (nSPS) is 17.0. The highest BCUT2D eigenvalue weighted by Crippen LogP contribution is 2.43. The molecular weight excluding hydrogens is 558 g/mol. The van der Waals surface area contributed by atoms with Crippen LogP contribution in [0.1, 0.15) is 25.0 Å². The van der Waals surface area contributed by atoms with E-state index in [2.05, 4.69) is 26.3 Å². The number of nitrogens with one attached hydrogen (secondary N) is 2. The zero-order chi connectivity index (χ0) is 30.1. The highest BCUT2D eigenvalue weighted by atomic mass is 19.4. The SMILES string of the molecule is CC(C)Oc1ccc(-c2c[nH]c3nccc(Oc4ccc(NC5=NC[C@@](F)(CO)CO5)cc4C(F)(F)F)c23)cc1C#N. The van der Waals surface area contributed by atoms with Crippen molar-refractivity contribution in [2.45, 2.75) is 31.8 Å². The number of aromatic amines is 1. The molecule has 0 radical (unpaired) electrons. The van der Waals surface area contributed by atoms with Gasteiger partial charge >= 0.3 is 6.18 Å². The molecule has 0 aliphatic carbocycles. The van der Waals surface area contributed by atoms with Gasteiger partial charge in [-0.15, -0.1) is 0 Å². The molecule has 1 aliphatic heterocycles. The number of pyridine rings is 1. The summed E-state index contributed by atoms with van der Waals surface area (Å²) in [6.45, 7) is 1.99. The van der Waals surface area contributed by atoms with Crippen LogP contribution in [-0.4, -0.2) is 52.6 Å². The Morgan fingerprint density at radius 2 is 1.95 bits per heavy atom. The number of hydrogen-bond donors (Lipinski definition) is 3. The number of nitriles is 1. The number of H-pyrrole nitrogens is 1. The van der Waals surface area contributed by atoms with Gasteiger partial charge in [0, 0.05) is 23.6 Å². The number of hydrogen-bond acceptors (Lipinski definition) is 8. The first-order valence-corrected chi connectivity index (χ1v) is 12.8. The van der Waals surface area contributed by atoms with E-state index >= 15 is 0 Å². The Bertz CT molecular complexity index is 1700. The van der Waals surface area contributed by atoms with Gasteiger partial charge in [-0.1, -0.05) is 6.07 Å². The number of halogens is 4. The zero-order valence-electron chi connectivity index (χ0n) is 22.4. The molecule has 2 aromatic heterocycles. The molecule has 3 N–H and O–H groups in total. The third-order valence-electron chi connectivity index (χ3n) is 6.32. The number of benzene rings is 2. The van der Waals surface area contributed by atoms with Gasteiger partial charge in [0.05, 0.1) is 30.2 Å². The summed E-state index contributed by atoms with van der Waals surface area (Å²) < 4.78 is 73.3. The van der Waals surface area contributed by atoms with Gasteiger partial charge in [-0.05, 0) is 55.8 Å². The van der Waals surface area contributed by atoms with Crippen LogP contribution in [0.4, 0.5) is 23.2 Å². The second-order valence-electron chi connectivity index (χ2n) is 9.88. The van der Waals surface area contributed by atoms with Crippen LogP contribution in [0.2, 0.25) is 0 Å². The molecule has 4 aromatic rings. The molecule has 0 saturated heterocycles. The quantitative estimate of drug-likeness (QED) is 0.221. The third kappa shape index (κ3) is 5.94. The number of rotatable bonds is 7. The molecule has 2 aromatic carbocycles. The highest BCUT2D eigenvalue weighted by Gasteiger charge is 2.36. The van der Waals surface area contributed by atoms with Crippen molar-refractivity contribution in [1.29, 1.82) is 5.26 Å². The average molecular weight is 584 g/mol. The summed E-state index contributed by atoms with van der Waals surface area (Å²) in [6.07, 6.45) is -1.91. The monoisotopic (exact) mass is 583 g/mol. The maximum Gasteiger partial charge on any atom is 0.420 e. The van der Waals surface area contributed by atoms with Crippen LogP contribution in [0, 0.1) is 11.3 Å². The van der Waals surface area contributed by atoms with Crippen LogP contribution in [0.25, 0.3) is 22.2 Å². The molecule has 0 unspecified atom stereocenters. The van der Waals surface area contributed by atoms with Crippen molar-refractivity contribution >= 4 is 22.7 Å². The number of ether oxygens (including phenoxy) is 3. The number of fused-ring (bicyclic) bond motifs is 1. The molecule has 1 aliphatic rings. The number of aliphatic hydroxyl groups excluding tert-OH is 1. The molecule has 0 saturated carbocycles. The predicted octanol–water partition coefficient (Wildman–Crippen LogP) is 6.20. The molecule has 42 heavy (non-hydrogen) atoms. The largest absolute Gasteiger partial charge is 0.490 e. The highest BCUT2D eigenvalue weighted by molar-refractivity contribution is 5.98. The Labute approximate surface area is 237 Å². The molecule has 218 valence electrons. The maximum absolute atomic E-state index is 14.2. The number of nitrogens with zero attached hydrogens (tertiary/aromatic N) is 3. The van der Waals surface area contributed by atoms with Gasteiger partial charge < -0.3 is 29.6 Å². The van der Waals surface area contributed by atoms with E-state index in [1.165, 1.54) is 18.3 Å². The fourth-order valence-electron chi connectivity index (χ4n) is 4.31. The van der Waals surface area contributed by atoms with Crippen LogP contribution in [0.15, 0.2) is 59.9 Å². The smallest absolute Gasteiger partial charge is 0.420 e. The van der Waals surface area contributed by atoms with Gasteiger partial charge in [-0.3, -0.25) is 0 Å². The Kier molecular flexibility index (Phi) is 7.66. The van der Waals surface area contributed by atoms with Crippen molar-refractivity contribution in [1.82, 2.24) is 9.97 Å². The molecule has 3 heterocycles. The summed E-state index contributed by atoms with van der Waals surface area (Å²) in [7, 11) is 0. The lowest BCUT2D eigenvalue weighted by Crippen LogP contribution is -2.43. The van der Waals surface area contributed by atoms with Crippen molar-refractivity contribution in [2.75, 3.05) is 25.1 Å². The van der Waals surface area contributed by atoms with Crippen molar-refractivity contribution in [2.24, 2.45) is 4.99 Å². The molecule has 1 atom stereocenters. The Morgan fingerprint density at radius 1 is 1.17 bits per heavy atom. The van der Waals surface area contributed by atoms with Crippen molar-refractivity contribution in [3.8, 4) is 34.4 Å². The molecule has 0 fully saturated rings. The van der Waals surface area contributed by atoms with Crippen LogP contribution in [0.5, 0.6) is 17.2 Å². The average Bonchev–Trinajstić information content (AvgIpc) is 3.40. The fourth-order valence-corrected chi connectivity index (χ4v) is 4.31. The molecule has 5 rings (SSSR count). The predicted molar refractivity (Wildman–Crippen MR) is 146 cm³/mol. The van der Waals surface area contributed by atoms with E-state index in [4.69, 9.17) is 19.3 Å². The Balaban J connectivity index is 1.49. The lowest BCUT2D eigenvalue weighted by atomic mass is 10.0. The van der Waals surface area contributed by atoms with Gasteiger partial charge in [0.15, 0.2) is 5.67 Å². The minimum absolute atomic E-state index is 0.0151. The summed E-state index contributed by atoms with van der Waals surface area (Å²) in [5.74, 6) is 0.0450. The molecule has 9 nitrogen and oxygen atoms in total. The van der Waals surface area contributed by atoms with E-state index in [-0.39, 0.29) is 23.6 Å². The van der Waals surface area contributed by atoms with Crippen molar-refractivity contribution in [3.63, 3.8) is 0 Å². The Hall–Kier alpha value is -4.83. The second-order valence-corrected chi connectivity index (χ2v) is 9.88. The van der Waals surface area contributed by atoms with E-state index in [9.17, 15) is 22.8 Å². The van der Waals surface area contributed by atoms with Gasteiger partial charge in [0.2, 0.25) is 0 Å². The van der Waals surface area contributed by atoms with Crippen molar-refractivity contribution in [3.05, 3.63) is 66.0 Å².